The fraction of sp³-hybridized carbons (Fsp3) is 0.636. The van der Waals surface area contributed by atoms with Crippen molar-refractivity contribution in [2.75, 3.05) is 6.67 Å². The average molecular weight is 223 g/mol. The molecular formula is C11H17N3O2. The molecule has 1 amide bonds. The molecule has 0 atom stereocenters. The lowest BCUT2D eigenvalue weighted by Gasteiger charge is -2.44. The molecule has 0 radical (unpaired) electrons. The fourth-order valence-corrected chi connectivity index (χ4v) is 2.39. The summed E-state index contributed by atoms with van der Waals surface area (Å²) in [5.41, 5.74) is 4.59. The largest absolute Gasteiger partial charge is 0.423 e. The Labute approximate surface area is 95.0 Å². The number of rotatable bonds is 2. The van der Waals surface area contributed by atoms with Gasteiger partial charge in [-0.15, -0.1) is 0 Å². The predicted octanol–water partition coefficient (Wildman–Crippen LogP) is 1.60. The minimum absolute atomic E-state index is 0.532. The summed E-state index contributed by atoms with van der Waals surface area (Å²) in [6.07, 6.45) is 9.77. The molecule has 1 heterocycles. The number of hydrogen-bond acceptors (Lipinski definition) is 4. The van der Waals surface area contributed by atoms with Crippen molar-refractivity contribution in [2.45, 2.75) is 37.8 Å². The van der Waals surface area contributed by atoms with Crippen LogP contribution in [0.3, 0.4) is 0 Å². The lowest BCUT2D eigenvalue weighted by Crippen LogP contribution is -2.52. The first-order chi connectivity index (χ1) is 7.73. The molecule has 0 saturated heterocycles. The molecule has 5 nitrogen and oxygen atoms in total. The maximum absolute atomic E-state index is 11.0. The van der Waals surface area contributed by atoms with Crippen LogP contribution in [0, 0.1) is 0 Å². The van der Waals surface area contributed by atoms with Gasteiger partial charge in [0.25, 0.3) is 0 Å². The highest BCUT2D eigenvalue weighted by atomic mass is 16.6. The third kappa shape index (κ3) is 2.18. The fourth-order valence-electron chi connectivity index (χ4n) is 2.39. The van der Waals surface area contributed by atoms with Crippen LogP contribution in [0.25, 0.3) is 0 Å². The smallest absolute Gasteiger partial charge is 0.406 e. The second-order valence-electron chi connectivity index (χ2n) is 4.21. The van der Waals surface area contributed by atoms with Crippen molar-refractivity contribution in [3.05, 3.63) is 12.3 Å². The molecule has 0 spiro atoms. The van der Waals surface area contributed by atoms with Crippen LogP contribution in [-0.4, -0.2) is 29.6 Å². The van der Waals surface area contributed by atoms with Crippen LogP contribution in [0.2, 0.25) is 0 Å². The summed E-state index contributed by atoms with van der Waals surface area (Å²) in [5.74, 6) is 0. The first-order valence-electron chi connectivity index (χ1n) is 5.65. The van der Waals surface area contributed by atoms with Gasteiger partial charge in [-0.2, -0.15) is 0 Å². The van der Waals surface area contributed by atoms with Crippen LogP contribution in [-0.2, 0) is 4.74 Å². The number of primary amides is 1. The van der Waals surface area contributed by atoms with Gasteiger partial charge in [0.2, 0.25) is 0 Å². The van der Waals surface area contributed by atoms with E-state index in [0.717, 1.165) is 25.7 Å². The number of carbonyl (C=O) groups excluding carboxylic acids is 1. The van der Waals surface area contributed by atoms with Crippen LogP contribution in [0.1, 0.15) is 32.1 Å². The first-order valence-corrected chi connectivity index (χ1v) is 5.65. The minimum atomic E-state index is -0.704. The maximum atomic E-state index is 11.0. The molecule has 2 aliphatic rings. The Hall–Kier alpha value is -1.52. The number of allylic oxidation sites excluding steroid dienone is 1. The summed E-state index contributed by atoms with van der Waals surface area (Å²) in [7, 11) is 0. The van der Waals surface area contributed by atoms with Gasteiger partial charge in [-0.05, 0) is 18.9 Å². The molecule has 1 fully saturated rings. The van der Waals surface area contributed by atoms with Gasteiger partial charge in [-0.25, -0.2) is 4.79 Å². The third-order valence-corrected chi connectivity index (χ3v) is 3.14. The van der Waals surface area contributed by atoms with Crippen molar-refractivity contribution in [2.24, 2.45) is 10.7 Å². The summed E-state index contributed by atoms with van der Waals surface area (Å²) >= 11 is 0. The highest BCUT2D eigenvalue weighted by molar-refractivity contribution is 5.71. The molecule has 2 N–H and O–H groups in total. The van der Waals surface area contributed by atoms with E-state index >= 15 is 0 Å². The molecule has 0 aromatic rings. The predicted molar refractivity (Wildman–Crippen MR) is 60.8 cm³/mol. The quantitative estimate of drug-likeness (QED) is 0.773. The lowest BCUT2D eigenvalue weighted by atomic mass is 9.90. The van der Waals surface area contributed by atoms with E-state index in [2.05, 4.69) is 4.99 Å². The minimum Gasteiger partial charge on any atom is -0.423 e. The Bertz CT molecular complexity index is 319. The molecule has 1 aliphatic carbocycles. The topological polar surface area (TPSA) is 67.9 Å². The zero-order valence-corrected chi connectivity index (χ0v) is 9.26. The van der Waals surface area contributed by atoms with Crippen LogP contribution >= 0.6 is 0 Å². The van der Waals surface area contributed by atoms with Gasteiger partial charge in [0, 0.05) is 25.3 Å². The number of nitrogens with two attached hydrogens (primary N) is 1. The second kappa shape index (κ2) is 4.55. The molecule has 0 aromatic heterocycles. The Morgan fingerprint density at radius 1 is 1.38 bits per heavy atom. The van der Waals surface area contributed by atoms with Crippen molar-refractivity contribution in [1.82, 2.24) is 4.90 Å². The highest BCUT2D eigenvalue weighted by Gasteiger charge is 2.40. The number of hydrogen-bond donors (Lipinski definition) is 1. The van der Waals surface area contributed by atoms with Gasteiger partial charge in [-0.3, -0.25) is 4.99 Å². The summed E-state index contributed by atoms with van der Waals surface area (Å²) in [6.45, 7) is 0.532. The maximum Gasteiger partial charge on any atom is 0.406 e. The molecule has 0 aromatic carbocycles. The number of amides is 1. The first kappa shape index (κ1) is 11.0. The van der Waals surface area contributed by atoms with Gasteiger partial charge in [0.05, 0.1) is 0 Å². The molecule has 2 rings (SSSR count). The van der Waals surface area contributed by atoms with E-state index in [1.54, 1.807) is 6.21 Å². The van der Waals surface area contributed by atoms with Gasteiger partial charge in [-0.1, -0.05) is 6.42 Å². The van der Waals surface area contributed by atoms with E-state index in [9.17, 15) is 4.79 Å². The van der Waals surface area contributed by atoms with E-state index in [0.29, 0.717) is 6.67 Å². The Morgan fingerprint density at radius 2 is 2.12 bits per heavy atom. The third-order valence-electron chi connectivity index (χ3n) is 3.14. The monoisotopic (exact) mass is 223 g/mol. The Morgan fingerprint density at radius 3 is 2.69 bits per heavy atom. The van der Waals surface area contributed by atoms with Crippen molar-refractivity contribution in [3.8, 4) is 0 Å². The number of nitrogens with zero attached hydrogens (tertiary/aromatic N) is 2. The molecule has 0 bridgehead atoms. The van der Waals surface area contributed by atoms with Gasteiger partial charge in [0.15, 0.2) is 5.72 Å². The van der Waals surface area contributed by atoms with Crippen molar-refractivity contribution >= 4 is 12.3 Å². The molecular weight excluding hydrogens is 206 g/mol. The van der Waals surface area contributed by atoms with E-state index in [-0.39, 0.29) is 0 Å². The lowest BCUT2D eigenvalue weighted by molar-refractivity contribution is -0.110. The van der Waals surface area contributed by atoms with E-state index < -0.39 is 11.8 Å². The van der Waals surface area contributed by atoms with Gasteiger partial charge >= 0.3 is 6.09 Å². The standard InChI is InChI=1S/C11H17N3O2/c12-10(15)16-11(5-2-1-3-6-11)14-8-4-7-13-9-14/h4,7-8H,1-3,5-6,9H2,(H2,12,15). The van der Waals surface area contributed by atoms with Gasteiger partial charge < -0.3 is 15.4 Å². The summed E-state index contributed by atoms with van der Waals surface area (Å²) in [4.78, 5) is 17.2. The van der Waals surface area contributed by atoms with Crippen LogP contribution in [0.15, 0.2) is 17.3 Å². The van der Waals surface area contributed by atoms with Crippen molar-refractivity contribution < 1.29 is 9.53 Å². The highest BCUT2D eigenvalue weighted by Crippen LogP contribution is 2.35. The molecule has 88 valence electrons. The molecule has 5 heteroatoms. The van der Waals surface area contributed by atoms with E-state index in [4.69, 9.17) is 10.5 Å². The molecule has 16 heavy (non-hydrogen) atoms. The molecule has 1 saturated carbocycles. The number of ether oxygens (including phenoxy) is 1. The molecule has 0 unspecified atom stereocenters. The van der Waals surface area contributed by atoms with E-state index in [1.807, 2.05) is 17.2 Å². The second-order valence-corrected chi connectivity index (χ2v) is 4.21. The number of aliphatic imine (C=N–C) groups is 1. The summed E-state index contributed by atoms with van der Waals surface area (Å²) < 4.78 is 5.36. The van der Waals surface area contributed by atoms with Crippen molar-refractivity contribution in [3.63, 3.8) is 0 Å². The van der Waals surface area contributed by atoms with Crippen LogP contribution in [0.5, 0.6) is 0 Å². The summed E-state index contributed by atoms with van der Waals surface area (Å²) in [5, 5.41) is 0. The van der Waals surface area contributed by atoms with Crippen LogP contribution < -0.4 is 5.73 Å². The SMILES string of the molecule is NC(=O)OC1(N2C=CC=NC2)CCCCC1. The zero-order chi connectivity index (χ0) is 11.4. The Balaban J connectivity index is 2.15. The Kier molecular flexibility index (Phi) is 3.12. The van der Waals surface area contributed by atoms with Gasteiger partial charge in [0.1, 0.15) is 6.67 Å². The number of carbonyl (C=O) groups is 1. The zero-order valence-electron chi connectivity index (χ0n) is 9.26. The normalized spacial score (nSPS) is 23.1. The molecule has 1 aliphatic heterocycles. The van der Waals surface area contributed by atoms with E-state index in [1.165, 1.54) is 6.42 Å². The average Bonchev–Trinajstić information content (AvgIpc) is 2.30. The summed E-state index contributed by atoms with van der Waals surface area (Å²) in [6, 6.07) is 0. The van der Waals surface area contributed by atoms with Crippen molar-refractivity contribution in [1.29, 1.82) is 0 Å². The van der Waals surface area contributed by atoms with Crippen LogP contribution in [0.4, 0.5) is 4.79 Å².